The first-order chi connectivity index (χ1) is 12.1. The molecule has 0 unspecified atom stereocenters. The number of fused-ring (bicyclic) bond motifs is 1. The van der Waals surface area contributed by atoms with Gasteiger partial charge in [-0.15, -0.1) is 0 Å². The topological polar surface area (TPSA) is 58.1 Å². The van der Waals surface area contributed by atoms with Gasteiger partial charge in [0.1, 0.15) is 0 Å². The van der Waals surface area contributed by atoms with Gasteiger partial charge in [0.05, 0.1) is 10.9 Å². The highest BCUT2D eigenvalue weighted by atomic mass is 32.1. The molecule has 2 aromatic rings. The van der Waals surface area contributed by atoms with E-state index in [2.05, 4.69) is 11.9 Å². The maximum absolute atomic E-state index is 13.1. The largest absolute Gasteiger partial charge is 0.336 e. The molecule has 1 aliphatic rings. The van der Waals surface area contributed by atoms with Crippen molar-refractivity contribution in [2.75, 3.05) is 6.54 Å². The van der Waals surface area contributed by atoms with E-state index in [4.69, 9.17) is 12.2 Å². The molecular weight excluding hydrogens is 334 g/mol. The Bertz CT molecular complexity index is 900. The number of H-pyrrole nitrogens is 1. The van der Waals surface area contributed by atoms with E-state index in [0.717, 1.165) is 25.8 Å². The summed E-state index contributed by atoms with van der Waals surface area (Å²) in [6, 6.07) is 5.58. The van der Waals surface area contributed by atoms with Crippen LogP contribution in [-0.2, 0) is 6.54 Å². The molecular formula is C19H25N3O2S. The Kier molecular flexibility index (Phi) is 5.37. The highest BCUT2D eigenvalue weighted by Crippen LogP contribution is 2.22. The molecule has 1 saturated heterocycles. The van der Waals surface area contributed by atoms with Crippen LogP contribution >= 0.6 is 12.2 Å². The number of aromatic amines is 1. The molecule has 1 fully saturated rings. The summed E-state index contributed by atoms with van der Waals surface area (Å²) in [6.07, 6.45) is 5.47. The Morgan fingerprint density at radius 2 is 2.08 bits per heavy atom. The lowest BCUT2D eigenvalue weighted by Gasteiger charge is -2.29. The summed E-state index contributed by atoms with van der Waals surface area (Å²) >= 11 is 5.27. The van der Waals surface area contributed by atoms with Crippen molar-refractivity contribution in [2.24, 2.45) is 0 Å². The summed E-state index contributed by atoms with van der Waals surface area (Å²) in [4.78, 5) is 30.7. The van der Waals surface area contributed by atoms with E-state index in [1.54, 1.807) is 18.2 Å². The normalized spacial score (nSPS) is 18.3. The van der Waals surface area contributed by atoms with E-state index in [0.29, 0.717) is 33.8 Å². The highest BCUT2D eigenvalue weighted by Gasteiger charge is 2.25. The average molecular weight is 359 g/mol. The smallest absolute Gasteiger partial charge is 0.262 e. The van der Waals surface area contributed by atoms with Crippen LogP contribution in [0.5, 0.6) is 0 Å². The summed E-state index contributed by atoms with van der Waals surface area (Å²) in [5.74, 6) is 0.0506. The first-order valence-electron chi connectivity index (χ1n) is 9.14. The van der Waals surface area contributed by atoms with Crippen molar-refractivity contribution in [3.05, 3.63) is 38.9 Å². The third kappa shape index (κ3) is 3.40. The fourth-order valence-corrected chi connectivity index (χ4v) is 4.03. The zero-order chi connectivity index (χ0) is 18.0. The Hall–Kier alpha value is -1.95. The van der Waals surface area contributed by atoms with E-state index in [1.165, 1.54) is 17.4 Å². The maximum atomic E-state index is 13.1. The van der Waals surface area contributed by atoms with Gasteiger partial charge in [0.25, 0.3) is 11.5 Å². The number of aromatic nitrogens is 2. The van der Waals surface area contributed by atoms with Crippen LogP contribution in [0.2, 0.25) is 0 Å². The van der Waals surface area contributed by atoms with Crippen LogP contribution in [0.25, 0.3) is 10.9 Å². The third-order valence-electron chi connectivity index (χ3n) is 5.15. The fourth-order valence-electron chi connectivity index (χ4n) is 3.71. The minimum Gasteiger partial charge on any atom is -0.336 e. The van der Waals surface area contributed by atoms with Gasteiger partial charge in [-0.05, 0) is 56.6 Å². The molecule has 5 nitrogen and oxygen atoms in total. The summed E-state index contributed by atoms with van der Waals surface area (Å²) in [5.41, 5.74) is 1.14. The zero-order valence-electron chi connectivity index (χ0n) is 14.9. The van der Waals surface area contributed by atoms with E-state index >= 15 is 0 Å². The first-order valence-corrected chi connectivity index (χ1v) is 9.55. The van der Waals surface area contributed by atoms with Crippen LogP contribution in [0.15, 0.2) is 23.0 Å². The molecule has 0 aliphatic carbocycles. The first kappa shape index (κ1) is 17.9. The fraction of sp³-hybridized carbons (Fsp3) is 0.526. The number of carbonyl (C=O) groups excluding carboxylic acids is 1. The predicted octanol–water partition coefficient (Wildman–Crippen LogP) is 3.87. The number of amides is 1. The lowest BCUT2D eigenvalue weighted by Crippen LogP contribution is -2.39. The Morgan fingerprint density at radius 1 is 1.28 bits per heavy atom. The summed E-state index contributed by atoms with van der Waals surface area (Å²) < 4.78 is 1.92. The predicted molar refractivity (Wildman–Crippen MR) is 103 cm³/mol. The second kappa shape index (κ2) is 7.52. The summed E-state index contributed by atoms with van der Waals surface area (Å²) in [6.45, 7) is 5.36. The molecule has 3 rings (SSSR count). The van der Waals surface area contributed by atoms with E-state index in [1.807, 2.05) is 11.8 Å². The molecule has 1 aromatic heterocycles. The standard InChI is InChI=1S/C19H25N3O2S/c1-3-14-8-6-5-7-11-22(14)17(23)13-9-10-15-16(12-13)20-19(25)21(4-2)18(15)24/h9-10,12,14H,3-8,11H2,1-2H3,(H,20,25)/t14-/m0/s1. The molecule has 1 amide bonds. The van der Waals surface area contributed by atoms with Crippen LogP contribution < -0.4 is 5.56 Å². The number of likely N-dealkylation sites (tertiary alicyclic amines) is 1. The van der Waals surface area contributed by atoms with Crippen molar-refractivity contribution in [2.45, 2.75) is 58.5 Å². The molecule has 1 aliphatic heterocycles. The SMILES string of the molecule is CC[C@H]1CCCCCN1C(=O)c1ccc2c(=O)n(CC)c(=S)[nH]c2c1. The van der Waals surface area contributed by atoms with Crippen molar-refractivity contribution in [3.63, 3.8) is 0 Å². The quantitative estimate of drug-likeness (QED) is 0.846. The number of nitrogens with one attached hydrogen (secondary N) is 1. The van der Waals surface area contributed by atoms with Crippen LogP contribution in [0, 0.1) is 4.77 Å². The van der Waals surface area contributed by atoms with E-state index in [9.17, 15) is 9.59 Å². The minimum absolute atomic E-state index is 0.0506. The third-order valence-corrected chi connectivity index (χ3v) is 5.48. The number of carbonyl (C=O) groups is 1. The second-order valence-corrected chi connectivity index (χ2v) is 7.04. The second-order valence-electron chi connectivity index (χ2n) is 6.65. The van der Waals surface area contributed by atoms with Gasteiger partial charge >= 0.3 is 0 Å². The van der Waals surface area contributed by atoms with Gasteiger partial charge < -0.3 is 9.88 Å². The van der Waals surface area contributed by atoms with Gasteiger partial charge in [-0.2, -0.15) is 0 Å². The van der Waals surface area contributed by atoms with Gasteiger partial charge in [0.2, 0.25) is 0 Å². The maximum Gasteiger partial charge on any atom is 0.262 e. The minimum atomic E-state index is -0.110. The average Bonchev–Trinajstić information content (AvgIpc) is 2.86. The number of hydrogen-bond donors (Lipinski definition) is 1. The van der Waals surface area contributed by atoms with Gasteiger partial charge in [-0.3, -0.25) is 14.2 Å². The van der Waals surface area contributed by atoms with Crippen molar-refractivity contribution >= 4 is 29.0 Å². The molecule has 1 atom stereocenters. The Morgan fingerprint density at radius 3 is 2.80 bits per heavy atom. The van der Waals surface area contributed by atoms with Crippen LogP contribution in [0.4, 0.5) is 0 Å². The molecule has 134 valence electrons. The molecule has 0 bridgehead atoms. The molecule has 25 heavy (non-hydrogen) atoms. The van der Waals surface area contributed by atoms with E-state index < -0.39 is 0 Å². The van der Waals surface area contributed by atoms with Crippen LogP contribution in [0.1, 0.15) is 56.3 Å². The van der Waals surface area contributed by atoms with E-state index in [-0.39, 0.29) is 11.5 Å². The Labute approximate surface area is 152 Å². The number of benzene rings is 1. The Balaban J connectivity index is 2.02. The van der Waals surface area contributed by atoms with Gasteiger partial charge in [-0.1, -0.05) is 19.8 Å². The van der Waals surface area contributed by atoms with Crippen LogP contribution in [0.3, 0.4) is 0 Å². The number of hydrogen-bond acceptors (Lipinski definition) is 3. The van der Waals surface area contributed by atoms with Crippen LogP contribution in [-0.4, -0.2) is 32.9 Å². The zero-order valence-corrected chi connectivity index (χ0v) is 15.7. The molecule has 0 radical (unpaired) electrons. The highest BCUT2D eigenvalue weighted by molar-refractivity contribution is 7.71. The number of nitrogens with zero attached hydrogens (tertiary/aromatic N) is 2. The number of rotatable bonds is 3. The van der Waals surface area contributed by atoms with Gasteiger partial charge in [0, 0.05) is 24.7 Å². The van der Waals surface area contributed by atoms with Crippen molar-refractivity contribution in [1.82, 2.24) is 14.5 Å². The van der Waals surface area contributed by atoms with Crippen molar-refractivity contribution in [3.8, 4) is 0 Å². The van der Waals surface area contributed by atoms with Gasteiger partial charge in [0.15, 0.2) is 4.77 Å². The summed E-state index contributed by atoms with van der Waals surface area (Å²) in [5, 5.41) is 0.565. The summed E-state index contributed by atoms with van der Waals surface area (Å²) in [7, 11) is 0. The lowest BCUT2D eigenvalue weighted by molar-refractivity contribution is 0.0678. The molecule has 0 saturated carbocycles. The molecule has 2 heterocycles. The molecule has 1 aromatic carbocycles. The van der Waals surface area contributed by atoms with Crippen molar-refractivity contribution in [1.29, 1.82) is 0 Å². The van der Waals surface area contributed by atoms with Crippen molar-refractivity contribution < 1.29 is 4.79 Å². The molecule has 6 heteroatoms. The monoisotopic (exact) mass is 359 g/mol. The molecule has 0 spiro atoms. The van der Waals surface area contributed by atoms with Gasteiger partial charge in [-0.25, -0.2) is 0 Å². The molecule has 1 N–H and O–H groups in total. The lowest BCUT2D eigenvalue weighted by atomic mass is 10.1.